The average Bonchev–Trinajstić information content (AvgIpc) is 2.35. The third-order valence-corrected chi connectivity index (χ3v) is 3.88. The van der Waals surface area contributed by atoms with Crippen LogP contribution in [-0.2, 0) is 6.42 Å². The molecule has 102 valence electrons. The van der Waals surface area contributed by atoms with Crippen LogP contribution in [0.5, 0.6) is 5.75 Å². The third kappa shape index (κ3) is 3.26. The highest BCUT2D eigenvalue weighted by molar-refractivity contribution is 5.49. The second-order valence-electron chi connectivity index (χ2n) is 5.18. The Bertz CT molecular complexity index is 399. The van der Waals surface area contributed by atoms with Gasteiger partial charge in [0.05, 0.1) is 7.11 Å². The Morgan fingerprint density at radius 2 is 1.89 bits per heavy atom. The zero-order valence-corrected chi connectivity index (χ0v) is 12.7. The molecular formula is C16H27NO. The van der Waals surface area contributed by atoms with Crippen molar-refractivity contribution in [3.63, 3.8) is 0 Å². The third-order valence-electron chi connectivity index (χ3n) is 3.88. The molecule has 1 aromatic carbocycles. The summed E-state index contributed by atoms with van der Waals surface area (Å²) in [6.07, 6.45) is 2.28. The summed E-state index contributed by atoms with van der Waals surface area (Å²) in [7, 11) is 3.80. The number of ether oxygens (including phenoxy) is 1. The van der Waals surface area contributed by atoms with Crippen LogP contribution in [0.1, 0.15) is 35.6 Å². The van der Waals surface area contributed by atoms with Crippen molar-refractivity contribution in [1.82, 2.24) is 5.32 Å². The highest BCUT2D eigenvalue weighted by Crippen LogP contribution is 2.31. The van der Waals surface area contributed by atoms with Crippen LogP contribution in [0, 0.1) is 26.7 Å². The Morgan fingerprint density at radius 1 is 1.22 bits per heavy atom. The molecule has 0 fully saturated rings. The first-order valence-electron chi connectivity index (χ1n) is 6.83. The van der Waals surface area contributed by atoms with Crippen LogP contribution >= 0.6 is 0 Å². The van der Waals surface area contributed by atoms with Gasteiger partial charge in [0.2, 0.25) is 0 Å². The first-order valence-corrected chi connectivity index (χ1v) is 6.83. The number of rotatable bonds is 6. The Balaban J connectivity index is 3.10. The van der Waals surface area contributed by atoms with Gasteiger partial charge in [0, 0.05) is 0 Å². The molecule has 0 saturated heterocycles. The fraction of sp³-hybridized carbons (Fsp3) is 0.625. The molecule has 0 aliphatic heterocycles. The normalized spacial score (nSPS) is 12.6. The van der Waals surface area contributed by atoms with Crippen molar-refractivity contribution >= 4 is 0 Å². The summed E-state index contributed by atoms with van der Waals surface area (Å²) in [6, 6.07) is 2.28. The van der Waals surface area contributed by atoms with E-state index in [1.807, 2.05) is 7.05 Å². The zero-order chi connectivity index (χ0) is 13.7. The van der Waals surface area contributed by atoms with E-state index in [1.54, 1.807) is 7.11 Å². The number of aryl methyl sites for hydroxylation is 2. The van der Waals surface area contributed by atoms with E-state index < -0.39 is 0 Å². The quantitative estimate of drug-likeness (QED) is 0.834. The van der Waals surface area contributed by atoms with Crippen LogP contribution in [0.25, 0.3) is 0 Å². The van der Waals surface area contributed by atoms with E-state index >= 15 is 0 Å². The lowest BCUT2D eigenvalue weighted by Gasteiger charge is -2.21. The molecule has 0 aromatic heterocycles. The number of hydrogen-bond donors (Lipinski definition) is 1. The molecule has 1 aromatic rings. The topological polar surface area (TPSA) is 21.3 Å². The molecule has 1 unspecified atom stereocenters. The van der Waals surface area contributed by atoms with Crippen LogP contribution in [0.15, 0.2) is 6.07 Å². The van der Waals surface area contributed by atoms with Gasteiger partial charge in [0.15, 0.2) is 0 Å². The van der Waals surface area contributed by atoms with E-state index in [0.29, 0.717) is 5.92 Å². The van der Waals surface area contributed by atoms with Crippen LogP contribution in [0.2, 0.25) is 0 Å². The average molecular weight is 249 g/mol. The van der Waals surface area contributed by atoms with Gasteiger partial charge in [0.1, 0.15) is 5.75 Å². The molecule has 0 spiro atoms. The van der Waals surface area contributed by atoms with Gasteiger partial charge in [-0.1, -0.05) is 19.4 Å². The molecule has 2 nitrogen and oxygen atoms in total. The van der Waals surface area contributed by atoms with Gasteiger partial charge in [0.25, 0.3) is 0 Å². The fourth-order valence-electron chi connectivity index (χ4n) is 2.57. The van der Waals surface area contributed by atoms with Gasteiger partial charge in [-0.25, -0.2) is 0 Å². The molecule has 18 heavy (non-hydrogen) atoms. The van der Waals surface area contributed by atoms with Gasteiger partial charge in [-0.05, 0) is 69.0 Å². The summed E-state index contributed by atoms with van der Waals surface area (Å²) in [4.78, 5) is 0. The lowest BCUT2D eigenvalue weighted by atomic mass is 9.90. The highest BCUT2D eigenvalue weighted by atomic mass is 16.5. The number of hydrogen-bond acceptors (Lipinski definition) is 2. The number of nitrogens with one attached hydrogen (secondary N) is 1. The lowest BCUT2D eigenvalue weighted by molar-refractivity contribution is 0.396. The molecule has 0 amide bonds. The maximum absolute atomic E-state index is 5.64. The monoisotopic (exact) mass is 249 g/mol. The summed E-state index contributed by atoms with van der Waals surface area (Å²) in [5.74, 6) is 1.76. The van der Waals surface area contributed by atoms with E-state index in [0.717, 1.165) is 18.7 Å². The van der Waals surface area contributed by atoms with E-state index in [2.05, 4.69) is 39.1 Å². The zero-order valence-electron chi connectivity index (χ0n) is 12.7. The van der Waals surface area contributed by atoms with E-state index in [9.17, 15) is 0 Å². The Kier molecular flexibility index (Phi) is 5.67. The standard InChI is InChI=1S/C16H27NO/c1-7-14(10-17-5)9-15-12(3)8-11(2)13(4)16(15)18-6/h8,14,17H,7,9-10H2,1-6H3. The van der Waals surface area contributed by atoms with Gasteiger partial charge in [-0.15, -0.1) is 0 Å². The predicted molar refractivity (Wildman–Crippen MR) is 78.6 cm³/mol. The molecule has 0 bridgehead atoms. The van der Waals surface area contributed by atoms with Crippen molar-refractivity contribution in [1.29, 1.82) is 0 Å². The van der Waals surface area contributed by atoms with Crippen LogP contribution in [0.3, 0.4) is 0 Å². The molecule has 1 atom stereocenters. The molecule has 2 heteroatoms. The molecular weight excluding hydrogens is 222 g/mol. The van der Waals surface area contributed by atoms with E-state index in [-0.39, 0.29) is 0 Å². The molecule has 1 N–H and O–H groups in total. The maximum atomic E-state index is 5.64. The number of benzene rings is 1. The minimum absolute atomic E-state index is 0.671. The van der Waals surface area contributed by atoms with Crippen molar-refractivity contribution < 1.29 is 4.74 Å². The Labute approximate surface area is 112 Å². The van der Waals surface area contributed by atoms with Crippen LogP contribution in [0.4, 0.5) is 0 Å². The van der Waals surface area contributed by atoms with Gasteiger partial charge in [-0.2, -0.15) is 0 Å². The van der Waals surface area contributed by atoms with E-state index in [4.69, 9.17) is 4.74 Å². The van der Waals surface area contributed by atoms with Crippen molar-refractivity contribution in [3.05, 3.63) is 28.3 Å². The predicted octanol–water partition coefficient (Wildman–Crippen LogP) is 3.41. The molecule has 0 heterocycles. The maximum Gasteiger partial charge on any atom is 0.125 e. The summed E-state index contributed by atoms with van der Waals surface area (Å²) in [6.45, 7) is 9.81. The Hall–Kier alpha value is -1.02. The first-order chi connectivity index (χ1) is 8.54. The largest absolute Gasteiger partial charge is 0.496 e. The van der Waals surface area contributed by atoms with Crippen LogP contribution < -0.4 is 10.1 Å². The van der Waals surface area contributed by atoms with Crippen molar-refractivity contribution in [2.75, 3.05) is 20.7 Å². The van der Waals surface area contributed by atoms with E-state index in [1.165, 1.54) is 28.7 Å². The van der Waals surface area contributed by atoms with Crippen molar-refractivity contribution in [2.45, 2.75) is 40.5 Å². The molecule has 0 aliphatic carbocycles. The SMILES string of the molecule is CCC(CNC)Cc1c(C)cc(C)c(C)c1OC. The van der Waals surface area contributed by atoms with Crippen molar-refractivity contribution in [2.24, 2.45) is 5.92 Å². The summed E-state index contributed by atoms with van der Waals surface area (Å²) in [5.41, 5.74) is 5.32. The second-order valence-corrected chi connectivity index (χ2v) is 5.18. The Morgan fingerprint density at radius 3 is 2.39 bits per heavy atom. The van der Waals surface area contributed by atoms with Gasteiger partial charge < -0.3 is 10.1 Å². The first kappa shape index (κ1) is 15.0. The van der Waals surface area contributed by atoms with Gasteiger partial charge >= 0.3 is 0 Å². The molecule has 0 saturated carbocycles. The number of methoxy groups -OCH3 is 1. The van der Waals surface area contributed by atoms with Gasteiger partial charge in [-0.3, -0.25) is 0 Å². The second kappa shape index (κ2) is 6.79. The molecule has 1 rings (SSSR count). The summed E-state index contributed by atoms with van der Waals surface area (Å²) in [5, 5.41) is 3.28. The summed E-state index contributed by atoms with van der Waals surface area (Å²) < 4.78 is 5.64. The highest BCUT2D eigenvalue weighted by Gasteiger charge is 2.16. The van der Waals surface area contributed by atoms with Crippen LogP contribution in [-0.4, -0.2) is 20.7 Å². The van der Waals surface area contributed by atoms with Crippen molar-refractivity contribution in [3.8, 4) is 5.75 Å². The smallest absolute Gasteiger partial charge is 0.125 e. The minimum atomic E-state index is 0.671. The minimum Gasteiger partial charge on any atom is -0.496 e. The lowest BCUT2D eigenvalue weighted by Crippen LogP contribution is -2.21. The molecule has 0 radical (unpaired) electrons. The summed E-state index contributed by atoms with van der Waals surface area (Å²) >= 11 is 0. The fourth-order valence-corrected chi connectivity index (χ4v) is 2.57. The molecule has 0 aliphatic rings.